The van der Waals surface area contributed by atoms with Gasteiger partial charge in [-0.05, 0) is 39.7 Å². The maximum absolute atomic E-state index is 8.04. The number of hydrogen-bond acceptors (Lipinski definition) is 1. The molecular formula is C9H5Br2N3. The lowest BCUT2D eigenvalue weighted by Crippen LogP contribution is -1.78. The van der Waals surface area contributed by atoms with Crippen molar-refractivity contribution in [1.82, 2.24) is 0 Å². The van der Waals surface area contributed by atoms with Gasteiger partial charge in [-0.2, -0.15) is 0 Å². The molecule has 0 aromatic heterocycles. The predicted octanol–water partition coefficient (Wildman–Crippen LogP) is 3.87. The predicted molar refractivity (Wildman–Crippen MR) is 62.7 cm³/mol. The molecule has 0 saturated heterocycles. The highest BCUT2D eigenvalue weighted by Gasteiger charge is 1.95. The Morgan fingerprint density at radius 2 is 2.21 bits per heavy atom. The molecule has 0 saturated carbocycles. The molecule has 1 rings (SSSR count). The van der Waals surface area contributed by atoms with Gasteiger partial charge in [-0.15, -0.1) is 0 Å². The first-order chi connectivity index (χ1) is 6.74. The summed E-state index contributed by atoms with van der Waals surface area (Å²) in [6, 6.07) is 5.72. The average Bonchev–Trinajstić information content (AvgIpc) is 2.18. The van der Waals surface area contributed by atoms with Crippen LogP contribution in [0.25, 0.3) is 10.4 Å². The monoisotopic (exact) mass is 313 g/mol. The molecule has 0 spiro atoms. The molecule has 0 radical (unpaired) electrons. The van der Waals surface area contributed by atoms with Gasteiger partial charge in [0.15, 0.2) is 0 Å². The standard InChI is InChI=1S/C9H5Br2N3/c10-8-3-4-9(11)7(6-8)2-1-5-13-14-12/h3-4,6H,5H2. The molecule has 0 atom stereocenters. The van der Waals surface area contributed by atoms with Crippen LogP contribution in [0.2, 0.25) is 0 Å². The van der Waals surface area contributed by atoms with E-state index in [0.29, 0.717) is 0 Å². The molecule has 14 heavy (non-hydrogen) atoms. The van der Waals surface area contributed by atoms with E-state index in [1.54, 1.807) is 0 Å². The Balaban J connectivity index is 2.88. The Kier molecular flexibility index (Phi) is 4.54. The Labute approximate surface area is 98.4 Å². The van der Waals surface area contributed by atoms with Crippen LogP contribution in [0.15, 0.2) is 32.3 Å². The van der Waals surface area contributed by atoms with Crippen molar-refractivity contribution in [2.45, 2.75) is 0 Å². The minimum atomic E-state index is 0.190. The maximum atomic E-state index is 8.04. The maximum Gasteiger partial charge on any atom is 0.0880 e. The van der Waals surface area contributed by atoms with Crippen LogP contribution in [0, 0.1) is 11.8 Å². The summed E-state index contributed by atoms with van der Waals surface area (Å²) in [5.41, 5.74) is 8.90. The topological polar surface area (TPSA) is 48.8 Å². The zero-order chi connectivity index (χ0) is 10.4. The van der Waals surface area contributed by atoms with Crippen LogP contribution >= 0.6 is 31.9 Å². The zero-order valence-electron chi connectivity index (χ0n) is 7.04. The van der Waals surface area contributed by atoms with Gasteiger partial charge in [-0.1, -0.05) is 32.9 Å². The molecule has 0 amide bonds. The van der Waals surface area contributed by atoms with Crippen molar-refractivity contribution in [3.8, 4) is 11.8 Å². The lowest BCUT2D eigenvalue weighted by molar-refractivity contribution is 1.25. The normalized spacial score (nSPS) is 8.43. The van der Waals surface area contributed by atoms with Gasteiger partial charge in [0.2, 0.25) is 0 Å². The third kappa shape index (κ3) is 3.43. The van der Waals surface area contributed by atoms with Gasteiger partial charge in [0.1, 0.15) is 0 Å². The molecule has 0 fully saturated rings. The van der Waals surface area contributed by atoms with E-state index < -0.39 is 0 Å². The van der Waals surface area contributed by atoms with E-state index in [1.807, 2.05) is 18.2 Å². The van der Waals surface area contributed by atoms with Gasteiger partial charge in [0.05, 0.1) is 6.54 Å². The van der Waals surface area contributed by atoms with Gasteiger partial charge in [-0.25, -0.2) is 0 Å². The van der Waals surface area contributed by atoms with Gasteiger partial charge in [-0.3, -0.25) is 0 Å². The number of nitrogens with zero attached hydrogens (tertiary/aromatic N) is 3. The Morgan fingerprint density at radius 1 is 1.43 bits per heavy atom. The van der Waals surface area contributed by atoms with Crippen LogP contribution in [0.1, 0.15) is 5.56 Å². The summed E-state index contributed by atoms with van der Waals surface area (Å²) in [7, 11) is 0. The summed E-state index contributed by atoms with van der Waals surface area (Å²) in [4.78, 5) is 2.61. The highest BCUT2D eigenvalue weighted by Crippen LogP contribution is 2.20. The van der Waals surface area contributed by atoms with E-state index in [2.05, 4.69) is 53.7 Å². The van der Waals surface area contributed by atoms with Crippen molar-refractivity contribution in [2.24, 2.45) is 5.11 Å². The molecule has 70 valence electrons. The summed E-state index contributed by atoms with van der Waals surface area (Å²) in [6.07, 6.45) is 0. The molecule has 0 bridgehead atoms. The summed E-state index contributed by atoms with van der Waals surface area (Å²) in [6.45, 7) is 0.190. The zero-order valence-corrected chi connectivity index (χ0v) is 10.2. The summed E-state index contributed by atoms with van der Waals surface area (Å²) in [5, 5.41) is 3.32. The molecule has 0 heterocycles. The first kappa shape index (κ1) is 11.1. The molecule has 0 aliphatic heterocycles. The minimum Gasteiger partial charge on any atom is -0.0919 e. The largest absolute Gasteiger partial charge is 0.0919 e. The molecule has 0 N–H and O–H groups in total. The first-order valence-corrected chi connectivity index (χ1v) is 5.27. The van der Waals surface area contributed by atoms with E-state index in [1.165, 1.54) is 0 Å². The van der Waals surface area contributed by atoms with Gasteiger partial charge >= 0.3 is 0 Å². The quantitative estimate of drug-likeness (QED) is 0.327. The molecule has 5 heteroatoms. The number of azide groups is 1. The lowest BCUT2D eigenvalue weighted by atomic mass is 10.2. The van der Waals surface area contributed by atoms with E-state index in [9.17, 15) is 0 Å². The highest BCUT2D eigenvalue weighted by molar-refractivity contribution is 9.11. The second-order valence-electron chi connectivity index (χ2n) is 2.31. The smallest absolute Gasteiger partial charge is 0.0880 e. The second-order valence-corrected chi connectivity index (χ2v) is 4.08. The van der Waals surface area contributed by atoms with E-state index in [4.69, 9.17) is 5.53 Å². The Hall–Kier alpha value is -0.950. The SMILES string of the molecule is [N-]=[N+]=NCC#Cc1cc(Br)ccc1Br. The minimum absolute atomic E-state index is 0.190. The number of rotatable bonds is 1. The van der Waals surface area contributed by atoms with Crippen LogP contribution in [0.4, 0.5) is 0 Å². The second kappa shape index (κ2) is 5.71. The Bertz CT molecular complexity index is 439. The van der Waals surface area contributed by atoms with Crippen LogP contribution < -0.4 is 0 Å². The molecule has 0 aliphatic rings. The van der Waals surface area contributed by atoms with Gasteiger partial charge in [0, 0.05) is 19.4 Å². The fraction of sp³-hybridized carbons (Fsp3) is 0.111. The number of halogens is 2. The van der Waals surface area contributed by atoms with E-state index in [0.717, 1.165) is 14.5 Å². The van der Waals surface area contributed by atoms with Crippen LogP contribution in [-0.2, 0) is 0 Å². The molecule has 1 aromatic rings. The fourth-order valence-corrected chi connectivity index (χ4v) is 1.50. The van der Waals surface area contributed by atoms with Crippen molar-refractivity contribution < 1.29 is 0 Å². The molecule has 3 nitrogen and oxygen atoms in total. The summed E-state index contributed by atoms with van der Waals surface area (Å²) in [5.74, 6) is 5.65. The lowest BCUT2D eigenvalue weighted by Gasteiger charge is -1.95. The van der Waals surface area contributed by atoms with Gasteiger partial charge < -0.3 is 0 Å². The van der Waals surface area contributed by atoms with Crippen molar-refractivity contribution in [3.63, 3.8) is 0 Å². The number of hydrogen-bond donors (Lipinski definition) is 0. The third-order valence-electron chi connectivity index (χ3n) is 1.36. The van der Waals surface area contributed by atoms with Crippen LogP contribution in [0.3, 0.4) is 0 Å². The molecule has 0 aliphatic carbocycles. The molecule has 0 unspecified atom stereocenters. The Morgan fingerprint density at radius 3 is 2.93 bits per heavy atom. The first-order valence-electron chi connectivity index (χ1n) is 3.69. The van der Waals surface area contributed by atoms with Crippen molar-refractivity contribution in [2.75, 3.05) is 6.54 Å². The molecule has 1 aromatic carbocycles. The third-order valence-corrected chi connectivity index (χ3v) is 2.55. The van der Waals surface area contributed by atoms with Crippen molar-refractivity contribution >= 4 is 31.9 Å². The number of benzene rings is 1. The average molecular weight is 315 g/mol. The van der Waals surface area contributed by atoms with Gasteiger partial charge in [0.25, 0.3) is 0 Å². The van der Waals surface area contributed by atoms with Crippen LogP contribution in [-0.4, -0.2) is 6.54 Å². The van der Waals surface area contributed by atoms with E-state index in [-0.39, 0.29) is 6.54 Å². The van der Waals surface area contributed by atoms with Crippen molar-refractivity contribution in [3.05, 3.63) is 43.2 Å². The van der Waals surface area contributed by atoms with Crippen LogP contribution in [0.5, 0.6) is 0 Å². The summed E-state index contributed by atoms with van der Waals surface area (Å²) < 4.78 is 1.89. The molecular weight excluding hydrogens is 310 g/mol. The van der Waals surface area contributed by atoms with Crippen molar-refractivity contribution in [1.29, 1.82) is 0 Å². The highest BCUT2D eigenvalue weighted by atomic mass is 79.9. The summed E-state index contributed by atoms with van der Waals surface area (Å²) >= 11 is 6.72. The van der Waals surface area contributed by atoms with E-state index >= 15 is 0 Å². The fourth-order valence-electron chi connectivity index (χ4n) is 0.795.